The van der Waals surface area contributed by atoms with E-state index in [2.05, 4.69) is 33.9 Å². The fourth-order valence-electron chi connectivity index (χ4n) is 2.52. The van der Waals surface area contributed by atoms with E-state index in [-0.39, 0.29) is 0 Å². The lowest BCUT2D eigenvalue weighted by Gasteiger charge is -2.27. The number of hydrogen-bond acceptors (Lipinski definition) is 3. The summed E-state index contributed by atoms with van der Waals surface area (Å²) < 4.78 is 2.05. The summed E-state index contributed by atoms with van der Waals surface area (Å²) in [5.41, 5.74) is 0.424. The molecule has 1 atom stereocenters. The van der Waals surface area contributed by atoms with Crippen LogP contribution in [0.25, 0.3) is 0 Å². The van der Waals surface area contributed by atoms with E-state index in [1.165, 1.54) is 19.3 Å². The third kappa shape index (κ3) is 2.12. The molecule has 1 fully saturated rings. The van der Waals surface area contributed by atoms with Crippen LogP contribution < -0.4 is 5.32 Å². The number of nitrogens with one attached hydrogen (secondary N) is 1. The predicted octanol–water partition coefficient (Wildman–Crippen LogP) is 1.79. The number of hydrogen-bond donors (Lipinski definition) is 1. The van der Waals surface area contributed by atoms with Crippen LogP contribution in [0.5, 0.6) is 0 Å². The Labute approximate surface area is 97.5 Å². The van der Waals surface area contributed by atoms with Crippen molar-refractivity contribution in [1.29, 1.82) is 0 Å². The molecule has 16 heavy (non-hydrogen) atoms. The molecule has 1 N–H and O–H groups in total. The molecule has 0 aliphatic heterocycles. The first-order valence-corrected chi connectivity index (χ1v) is 6.09. The third-order valence-electron chi connectivity index (χ3n) is 3.95. The predicted molar refractivity (Wildman–Crippen MR) is 64.0 cm³/mol. The Morgan fingerprint density at radius 1 is 1.44 bits per heavy atom. The van der Waals surface area contributed by atoms with E-state index in [1.807, 2.05) is 14.0 Å². The van der Waals surface area contributed by atoms with Gasteiger partial charge in [-0.1, -0.05) is 20.3 Å². The van der Waals surface area contributed by atoms with E-state index in [4.69, 9.17) is 0 Å². The molecule has 1 saturated carbocycles. The van der Waals surface area contributed by atoms with Crippen molar-refractivity contribution >= 4 is 0 Å². The van der Waals surface area contributed by atoms with Gasteiger partial charge in [-0.3, -0.25) is 0 Å². The molecular weight excluding hydrogens is 200 g/mol. The Balaban J connectivity index is 1.95. The molecule has 90 valence electrons. The standard InChI is InChI=1S/C12H22N4/c1-9-14-15-11(16(9)4)8-13-10-6-5-7-12(10,2)3/h10,13H,5-8H2,1-4H3. The Morgan fingerprint density at radius 3 is 2.69 bits per heavy atom. The Morgan fingerprint density at radius 2 is 2.19 bits per heavy atom. The molecule has 0 radical (unpaired) electrons. The fourth-order valence-corrected chi connectivity index (χ4v) is 2.52. The highest BCUT2D eigenvalue weighted by Gasteiger charge is 2.33. The Kier molecular flexibility index (Phi) is 3.02. The molecule has 2 rings (SSSR count). The second kappa shape index (κ2) is 4.17. The molecule has 0 saturated heterocycles. The highest BCUT2D eigenvalue weighted by atomic mass is 15.3. The van der Waals surface area contributed by atoms with Gasteiger partial charge in [0.05, 0.1) is 6.54 Å². The van der Waals surface area contributed by atoms with Crippen LogP contribution >= 0.6 is 0 Å². The molecule has 1 unspecified atom stereocenters. The number of rotatable bonds is 3. The molecule has 0 spiro atoms. The lowest BCUT2D eigenvalue weighted by molar-refractivity contribution is 0.280. The first kappa shape index (κ1) is 11.6. The molecule has 1 aliphatic rings. The molecule has 1 aliphatic carbocycles. The summed E-state index contributed by atoms with van der Waals surface area (Å²) >= 11 is 0. The van der Waals surface area contributed by atoms with Crippen LogP contribution in [-0.4, -0.2) is 20.8 Å². The second-order valence-corrected chi connectivity index (χ2v) is 5.54. The molecule has 0 bridgehead atoms. The highest BCUT2D eigenvalue weighted by molar-refractivity contribution is 4.95. The number of nitrogens with zero attached hydrogens (tertiary/aromatic N) is 3. The molecule has 4 heteroatoms. The van der Waals surface area contributed by atoms with Gasteiger partial charge in [0.15, 0.2) is 0 Å². The summed E-state index contributed by atoms with van der Waals surface area (Å²) in [6.45, 7) is 7.50. The highest BCUT2D eigenvalue weighted by Crippen LogP contribution is 2.37. The zero-order valence-electron chi connectivity index (χ0n) is 10.7. The van der Waals surface area contributed by atoms with Gasteiger partial charge < -0.3 is 9.88 Å². The van der Waals surface area contributed by atoms with Gasteiger partial charge in [0, 0.05) is 13.1 Å². The van der Waals surface area contributed by atoms with E-state index in [0.29, 0.717) is 11.5 Å². The van der Waals surface area contributed by atoms with Crippen molar-refractivity contribution in [2.24, 2.45) is 12.5 Å². The smallest absolute Gasteiger partial charge is 0.146 e. The van der Waals surface area contributed by atoms with Gasteiger partial charge >= 0.3 is 0 Å². The topological polar surface area (TPSA) is 42.7 Å². The molecule has 4 nitrogen and oxygen atoms in total. The van der Waals surface area contributed by atoms with E-state index < -0.39 is 0 Å². The minimum atomic E-state index is 0.424. The number of aryl methyl sites for hydroxylation is 1. The lowest BCUT2D eigenvalue weighted by atomic mass is 9.87. The van der Waals surface area contributed by atoms with Crippen molar-refractivity contribution in [3.8, 4) is 0 Å². The van der Waals surface area contributed by atoms with E-state index in [1.54, 1.807) is 0 Å². The first-order valence-electron chi connectivity index (χ1n) is 6.09. The summed E-state index contributed by atoms with van der Waals surface area (Å²) in [4.78, 5) is 0. The summed E-state index contributed by atoms with van der Waals surface area (Å²) in [6, 6.07) is 0.615. The minimum Gasteiger partial charge on any atom is -0.317 e. The molecule has 0 amide bonds. The van der Waals surface area contributed by atoms with Crippen LogP contribution in [0.3, 0.4) is 0 Å². The second-order valence-electron chi connectivity index (χ2n) is 5.54. The maximum atomic E-state index is 4.17. The van der Waals surface area contributed by atoms with Gasteiger partial charge in [0.25, 0.3) is 0 Å². The molecular formula is C12H22N4. The van der Waals surface area contributed by atoms with Gasteiger partial charge in [-0.15, -0.1) is 10.2 Å². The zero-order valence-corrected chi connectivity index (χ0v) is 10.7. The maximum absolute atomic E-state index is 4.17. The molecule has 1 aromatic heterocycles. The minimum absolute atomic E-state index is 0.424. The Hall–Kier alpha value is -0.900. The van der Waals surface area contributed by atoms with Crippen LogP contribution in [0.15, 0.2) is 0 Å². The summed E-state index contributed by atoms with van der Waals surface area (Å²) in [5.74, 6) is 2.00. The van der Waals surface area contributed by atoms with E-state index >= 15 is 0 Å². The molecule has 1 heterocycles. The average Bonchev–Trinajstić information content (AvgIpc) is 2.70. The first-order chi connectivity index (χ1) is 7.50. The van der Waals surface area contributed by atoms with Crippen LogP contribution in [-0.2, 0) is 13.6 Å². The monoisotopic (exact) mass is 222 g/mol. The van der Waals surface area contributed by atoms with Crippen molar-refractivity contribution in [3.63, 3.8) is 0 Å². The van der Waals surface area contributed by atoms with Crippen LogP contribution in [0.4, 0.5) is 0 Å². The SMILES string of the molecule is Cc1nnc(CNC2CCCC2(C)C)n1C. The van der Waals surface area contributed by atoms with Crippen LogP contribution in [0, 0.1) is 12.3 Å². The summed E-state index contributed by atoms with van der Waals surface area (Å²) in [6.07, 6.45) is 3.94. The normalized spacial score (nSPS) is 23.9. The number of aromatic nitrogens is 3. The molecule has 1 aromatic rings. The van der Waals surface area contributed by atoms with E-state index in [0.717, 1.165) is 18.2 Å². The van der Waals surface area contributed by atoms with Crippen LogP contribution in [0.1, 0.15) is 44.8 Å². The largest absolute Gasteiger partial charge is 0.317 e. The summed E-state index contributed by atoms with van der Waals surface area (Å²) in [5, 5.41) is 11.9. The van der Waals surface area contributed by atoms with Crippen molar-refractivity contribution in [1.82, 2.24) is 20.1 Å². The zero-order chi connectivity index (χ0) is 11.8. The maximum Gasteiger partial charge on any atom is 0.146 e. The van der Waals surface area contributed by atoms with Crippen molar-refractivity contribution in [2.45, 2.75) is 52.6 Å². The van der Waals surface area contributed by atoms with Crippen molar-refractivity contribution in [2.75, 3.05) is 0 Å². The fraction of sp³-hybridized carbons (Fsp3) is 0.833. The Bertz CT molecular complexity index is 367. The van der Waals surface area contributed by atoms with Gasteiger partial charge in [-0.25, -0.2) is 0 Å². The average molecular weight is 222 g/mol. The molecule has 0 aromatic carbocycles. The third-order valence-corrected chi connectivity index (χ3v) is 3.95. The van der Waals surface area contributed by atoms with Gasteiger partial charge in [0.1, 0.15) is 11.6 Å². The van der Waals surface area contributed by atoms with Crippen LogP contribution in [0.2, 0.25) is 0 Å². The van der Waals surface area contributed by atoms with Gasteiger partial charge in [-0.2, -0.15) is 0 Å². The van der Waals surface area contributed by atoms with Gasteiger partial charge in [0.2, 0.25) is 0 Å². The quantitative estimate of drug-likeness (QED) is 0.848. The summed E-state index contributed by atoms with van der Waals surface area (Å²) in [7, 11) is 2.02. The van der Waals surface area contributed by atoms with Gasteiger partial charge in [-0.05, 0) is 25.2 Å². The van der Waals surface area contributed by atoms with Crippen molar-refractivity contribution < 1.29 is 0 Å². The van der Waals surface area contributed by atoms with E-state index in [9.17, 15) is 0 Å². The van der Waals surface area contributed by atoms with Crippen molar-refractivity contribution in [3.05, 3.63) is 11.6 Å². The lowest BCUT2D eigenvalue weighted by Crippen LogP contribution is -2.37.